The molecule has 0 saturated heterocycles. The van der Waals surface area contributed by atoms with Gasteiger partial charge in [0, 0.05) is 6.54 Å². The maximum atomic E-state index is 11.6. The molecule has 0 aliphatic carbocycles. The Kier molecular flexibility index (Phi) is 6.91. The van der Waals surface area contributed by atoms with Crippen LogP contribution >= 0.6 is 0 Å². The minimum Gasteiger partial charge on any atom is -0.480 e. The Morgan fingerprint density at radius 1 is 1.16 bits per heavy atom. The maximum Gasteiger partial charge on any atom is 0.321 e. The lowest BCUT2D eigenvalue weighted by molar-refractivity contribution is -0.140. The van der Waals surface area contributed by atoms with Crippen LogP contribution < -0.4 is 9.44 Å². The zero-order chi connectivity index (χ0) is 15.3. The Bertz CT molecular complexity index is 497. The van der Waals surface area contributed by atoms with Gasteiger partial charge in [-0.05, 0) is 12.8 Å². The number of carbonyl (C=O) groups is 1. The fourth-order valence-corrected chi connectivity index (χ4v) is 3.15. The Morgan fingerprint density at radius 3 is 2.05 bits per heavy atom. The second-order valence-corrected chi connectivity index (χ2v) is 8.26. The van der Waals surface area contributed by atoms with E-state index in [1.807, 2.05) is 4.72 Å². The van der Waals surface area contributed by atoms with Gasteiger partial charge in [0.15, 0.2) is 0 Å². The van der Waals surface area contributed by atoms with Crippen LogP contribution in [0, 0.1) is 5.92 Å². The van der Waals surface area contributed by atoms with Crippen LogP contribution in [0.2, 0.25) is 0 Å². The molecule has 0 aromatic heterocycles. The van der Waals surface area contributed by atoms with Crippen LogP contribution in [-0.2, 0) is 24.8 Å². The molecule has 0 aromatic rings. The zero-order valence-electron chi connectivity index (χ0n) is 11.1. The van der Waals surface area contributed by atoms with Gasteiger partial charge in [-0.2, -0.15) is 0 Å². The Hall–Kier alpha value is -0.710. The molecule has 0 bridgehead atoms. The SMILES string of the molecule is CCS(=O)(=O)NCCS(=O)(=O)N[C@H](C(=O)O)C(C)C. The molecule has 0 saturated carbocycles. The van der Waals surface area contributed by atoms with Crippen molar-refractivity contribution in [3.63, 3.8) is 0 Å². The number of aliphatic carboxylic acids is 1. The van der Waals surface area contributed by atoms with Gasteiger partial charge in [-0.25, -0.2) is 26.3 Å². The Balaban J connectivity index is 4.53. The van der Waals surface area contributed by atoms with Crippen molar-refractivity contribution in [3.05, 3.63) is 0 Å². The summed E-state index contributed by atoms with van der Waals surface area (Å²) in [6.45, 7) is 4.27. The second-order valence-electron chi connectivity index (χ2n) is 4.29. The molecule has 114 valence electrons. The highest BCUT2D eigenvalue weighted by Gasteiger charge is 2.26. The van der Waals surface area contributed by atoms with Crippen LogP contribution in [0.5, 0.6) is 0 Å². The lowest BCUT2D eigenvalue weighted by atomic mass is 10.1. The summed E-state index contributed by atoms with van der Waals surface area (Å²) in [5, 5.41) is 8.86. The van der Waals surface area contributed by atoms with Gasteiger partial charge in [0.2, 0.25) is 20.0 Å². The second kappa shape index (κ2) is 7.17. The fourth-order valence-electron chi connectivity index (χ4n) is 1.16. The van der Waals surface area contributed by atoms with Gasteiger partial charge in [0.1, 0.15) is 6.04 Å². The minimum absolute atomic E-state index is 0.149. The topological polar surface area (TPSA) is 130 Å². The van der Waals surface area contributed by atoms with E-state index in [2.05, 4.69) is 4.72 Å². The molecular formula is C9H20N2O6S2. The maximum absolute atomic E-state index is 11.6. The largest absolute Gasteiger partial charge is 0.480 e. The van der Waals surface area contributed by atoms with Crippen LogP contribution in [0.4, 0.5) is 0 Å². The highest BCUT2D eigenvalue weighted by Crippen LogP contribution is 2.03. The molecule has 0 fully saturated rings. The smallest absolute Gasteiger partial charge is 0.321 e. The molecule has 0 aliphatic rings. The minimum atomic E-state index is -3.86. The van der Waals surface area contributed by atoms with Crippen molar-refractivity contribution in [2.75, 3.05) is 18.1 Å². The van der Waals surface area contributed by atoms with E-state index >= 15 is 0 Å². The van der Waals surface area contributed by atoms with Crippen molar-refractivity contribution >= 4 is 26.0 Å². The highest BCUT2D eigenvalue weighted by molar-refractivity contribution is 7.90. The third-order valence-corrected chi connectivity index (χ3v) is 5.07. The van der Waals surface area contributed by atoms with Crippen LogP contribution in [0.25, 0.3) is 0 Å². The van der Waals surface area contributed by atoms with Gasteiger partial charge >= 0.3 is 5.97 Å². The summed E-state index contributed by atoms with van der Waals surface area (Å²) in [7, 11) is -7.32. The number of nitrogens with one attached hydrogen (secondary N) is 2. The molecule has 0 radical (unpaired) electrons. The third-order valence-electron chi connectivity index (χ3n) is 2.31. The molecule has 0 heterocycles. The van der Waals surface area contributed by atoms with E-state index in [4.69, 9.17) is 5.11 Å². The van der Waals surface area contributed by atoms with Crippen LogP contribution in [0.1, 0.15) is 20.8 Å². The van der Waals surface area contributed by atoms with E-state index < -0.39 is 43.7 Å². The molecule has 0 unspecified atom stereocenters. The number of hydrogen-bond acceptors (Lipinski definition) is 5. The first-order valence-electron chi connectivity index (χ1n) is 5.71. The van der Waals surface area contributed by atoms with Crippen molar-refractivity contribution in [1.82, 2.24) is 9.44 Å². The number of sulfonamides is 2. The molecule has 0 aliphatic heterocycles. The van der Waals surface area contributed by atoms with Crippen molar-refractivity contribution in [2.24, 2.45) is 5.92 Å². The van der Waals surface area contributed by atoms with E-state index in [-0.39, 0.29) is 12.3 Å². The molecule has 10 heteroatoms. The van der Waals surface area contributed by atoms with Gasteiger partial charge < -0.3 is 5.11 Å². The van der Waals surface area contributed by atoms with Gasteiger partial charge in [0.05, 0.1) is 11.5 Å². The summed E-state index contributed by atoms with van der Waals surface area (Å²) >= 11 is 0. The molecule has 1 atom stereocenters. The average Bonchev–Trinajstić information content (AvgIpc) is 2.24. The van der Waals surface area contributed by atoms with Crippen molar-refractivity contribution in [3.8, 4) is 0 Å². The zero-order valence-corrected chi connectivity index (χ0v) is 12.7. The van der Waals surface area contributed by atoms with Gasteiger partial charge in [-0.1, -0.05) is 13.8 Å². The molecule has 0 aromatic carbocycles. The first-order valence-corrected chi connectivity index (χ1v) is 9.01. The lowest BCUT2D eigenvalue weighted by Gasteiger charge is -2.17. The van der Waals surface area contributed by atoms with Crippen LogP contribution in [0.15, 0.2) is 0 Å². The summed E-state index contributed by atoms with van der Waals surface area (Å²) in [5.41, 5.74) is 0. The van der Waals surface area contributed by atoms with E-state index in [1.165, 1.54) is 6.92 Å². The Morgan fingerprint density at radius 2 is 1.68 bits per heavy atom. The quantitative estimate of drug-likeness (QED) is 0.498. The van der Waals surface area contributed by atoms with E-state index in [1.54, 1.807) is 13.8 Å². The van der Waals surface area contributed by atoms with Gasteiger partial charge in [0.25, 0.3) is 0 Å². The first-order chi connectivity index (χ1) is 8.51. The molecule has 3 N–H and O–H groups in total. The summed E-state index contributed by atoms with van der Waals surface area (Å²) in [4.78, 5) is 10.9. The summed E-state index contributed by atoms with van der Waals surface area (Å²) in [5.74, 6) is -2.35. The highest BCUT2D eigenvalue weighted by atomic mass is 32.2. The average molecular weight is 316 g/mol. The Labute approximate surface area is 113 Å². The van der Waals surface area contributed by atoms with Crippen molar-refractivity contribution in [1.29, 1.82) is 0 Å². The van der Waals surface area contributed by atoms with E-state index in [0.29, 0.717) is 0 Å². The van der Waals surface area contributed by atoms with E-state index in [0.717, 1.165) is 0 Å². The molecule has 8 nitrogen and oxygen atoms in total. The summed E-state index contributed by atoms with van der Waals surface area (Å²) < 4.78 is 49.6. The van der Waals surface area contributed by atoms with Crippen molar-refractivity contribution in [2.45, 2.75) is 26.8 Å². The molecule has 0 amide bonds. The summed E-state index contributed by atoms with van der Waals surface area (Å²) in [6, 6.07) is -1.23. The number of hydrogen-bond donors (Lipinski definition) is 3. The molecular weight excluding hydrogens is 296 g/mol. The van der Waals surface area contributed by atoms with Gasteiger partial charge in [-0.3, -0.25) is 4.79 Å². The molecule has 0 spiro atoms. The van der Waals surface area contributed by atoms with Crippen molar-refractivity contribution < 1.29 is 26.7 Å². The molecule has 19 heavy (non-hydrogen) atoms. The third kappa shape index (κ3) is 7.45. The number of carboxylic acids is 1. The van der Waals surface area contributed by atoms with Gasteiger partial charge in [-0.15, -0.1) is 0 Å². The lowest BCUT2D eigenvalue weighted by Crippen LogP contribution is -2.46. The fraction of sp³-hybridized carbons (Fsp3) is 0.889. The monoisotopic (exact) mass is 316 g/mol. The normalized spacial score (nSPS) is 14.5. The number of carboxylic acid groups (broad SMARTS) is 1. The van der Waals surface area contributed by atoms with Crippen LogP contribution in [-0.4, -0.2) is 52.0 Å². The number of rotatable bonds is 9. The van der Waals surface area contributed by atoms with Crippen LogP contribution in [0.3, 0.4) is 0 Å². The standard InChI is InChI=1S/C9H20N2O6S2/c1-4-18(14,15)10-5-6-19(16,17)11-8(7(2)3)9(12)13/h7-8,10-11H,4-6H2,1-3H3,(H,12,13)/t8-/m0/s1. The first kappa shape index (κ1) is 18.3. The molecule has 0 rings (SSSR count). The predicted molar refractivity (Wildman–Crippen MR) is 70.6 cm³/mol. The predicted octanol–water partition coefficient (Wildman–Crippen LogP) is -1.05. The summed E-state index contributed by atoms with van der Waals surface area (Å²) in [6.07, 6.45) is 0. The van der Waals surface area contributed by atoms with E-state index in [9.17, 15) is 21.6 Å².